The highest BCUT2D eigenvalue weighted by atomic mass is 16.2. The van der Waals surface area contributed by atoms with Crippen molar-refractivity contribution in [2.45, 2.75) is 12.8 Å². The summed E-state index contributed by atoms with van der Waals surface area (Å²) in [6.07, 6.45) is 6.50. The number of carbonyl (C=O) groups excluding carboxylic acids is 1. The number of aromatic nitrogens is 2. The topological polar surface area (TPSA) is 49.3 Å². The number of nitrogens with zero attached hydrogens (tertiary/aromatic N) is 4. The number of benzene rings is 2. The molecule has 1 aliphatic rings. The van der Waals surface area contributed by atoms with Gasteiger partial charge in [-0.3, -0.25) is 9.78 Å². The van der Waals surface area contributed by atoms with E-state index in [1.165, 1.54) is 16.3 Å². The van der Waals surface area contributed by atoms with Crippen molar-refractivity contribution in [3.8, 4) is 0 Å². The zero-order valence-corrected chi connectivity index (χ0v) is 14.7. The van der Waals surface area contributed by atoms with Gasteiger partial charge in [0, 0.05) is 45.0 Å². The van der Waals surface area contributed by atoms with Gasteiger partial charge in [-0.1, -0.05) is 42.5 Å². The fourth-order valence-corrected chi connectivity index (χ4v) is 3.44. The Morgan fingerprint density at radius 3 is 2.54 bits per heavy atom. The second-order valence-electron chi connectivity index (χ2n) is 6.61. The standard InChI is InChI=1S/C21H22N4O/c26-21(8-6-17-5-7-18-3-1-2-4-19(18)15-17)25-13-11-24(12-14-25)20-16-22-9-10-23-20/h1-5,7,9-10,15-16H,6,8,11-14H2. The predicted octanol–water partition coefficient (Wildman–Crippen LogP) is 2.91. The highest BCUT2D eigenvalue weighted by molar-refractivity contribution is 5.83. The summed E-state index contributed by atoms with van der Waals surface area (Å²) in [5.41, 5.74) is 1.22. The van der Waals surface area contributed by atoms with Crippen molar-refractivity contribution >= 4 is 22.5 Å². The number of amides is 1. The zero-order chi connectivity index (χ0) is 17.8. The van der Waals surface area contributed by atoms with Crippen LogP contribution in [0.25, 0.3) is 10.8 Å². The number of fused-ring (bicyclic) bond motifs is 1. The molecule has 0 bridgehead atoms. The number of rotatable bonds is 4. The summed E-state index contributed by atoms with van der Waals surface area (Å²) < 4.78 is 0. The molecule has 0 aliphatic carbocycles. The highest BCUT2D eigenvalue weighted by Gasteiger charge is 2.21. The summed E-state index contributed by atoms with van der Waals surface area (Å²) >= 11 is 0. The van der Waals surface area contributed by atoms with Crippen LogP contribution >= 0.6 is 0 Å². The van der Waals surface area contributed by atoms with Crippen molar-refractivity contribution < 1.29 is 4.79 Å². The van der Waals surface area contributed by atoms with Gasteiger partial charge >= 0.3 is 0 Å². The third-order valence-corrected chi connectivity index (χ3v) is 4.95. The van der Waals surface area contributed by atoms with E-state index in [0.717, 1.165) is 38.4 Å². The maximum Gasteiger partial charge on any atom is 0.223 e. The van der Waals surface area contributed by atoms with Gasteiger partial charge in [0.15, 0.2) is 0 Å². The first-order valence-electron chi connectivity index (χ1n) is 9.06. The predicted molar refractivity (Wildman–Crippen MR) is 103 cm³/mol. The number of hydrogen-bond acceptors (Lipinski definition) is 4. The first kappa shape index (κ1) is 16.5. The molecule has 3 aromatic rings. The molecule has 0 spiro atoms. The fourth-order valence-electron chi connectivity index (χ4n) is 3.44. The molecule has 5 heteroatoms. The molecule has 0 unspecified atom stereocenters. The minimum Gasteiger partial charge on any atom is -0.352 e. The summed E-state index contributed by atoms with van der Waals surface area (Å²) in [4.78, 5) is 25.2. The number of anilines is 1. The highest BCUT2D eigenvalue weighted by Crippen LogP contribution is 2.17. The molecule has 1 fully saturated rings. The van der Waals surface area contributed by atoms with E-state index in [-0.39, 0.29) is 5.91 Å². The molecule has 0 saturated carbocycles. The van der Waals surface area contributed by atoms with Gasteiger partial charge in [-0.05, 0) is 22.8 Å². The van der Waals surface area contributed by atoms with E-state index in [2.05, 4.69) is 45.2 Å². The van der Waals surface area contributed by atoms with E-state index in [0.29, 0.717) is 6.42 Å². The maximum atomic E-state index is 12.6. The van der Waals surface area contributed by atoms with Crippen molar-refractivity contribution in [1.29, 1.82) is 0 Å². The third-order valence-electron chi connectivity index (χ3n) is 4.95. The van der Waals surface area contributed by atoms with E-state index in [4.69, 9.17) is 0 Å². The second-order valence-corrected chi connectivity index (χ2v) is 6.61. The Morgan fingerprint density at radius 2 is 1.77 bits per heavy atom. The maximum absolute atomic E-state index is 12.6. The Morgan fingerprint density at radius 1 is 0.962 bits per heavy atom. The Kier molecular flexibility index (Phi) is 4.78. The SMILES string of the molecule is O=C(CCc1ccc2ccccc2c1)N1CCN(c2cnccn2)CC1. The van der Waals surface area contributed by atoms with Crippen LogP contribution in [-0.4, -0.2) is 47.0 Å². The molecule has 1 amide bonds. The zero-order valence-electron chi connectivity index (χ0n) is 14.7. The Balaban J connectivity index is 1.31. The van der Waals surface area contributed by atoms with Crippen molar-refractivity contribution in [1.82, 2.24) is 14.9 Å². The second kappa shape index (κ2) is 7.52. The Hall–Kier alpha value is -2.95. The van der Waals surface area contributed by atoms with Crippen molar-refractivity contribution in [2.24, 2.45) is 0 Å². The molecule has 2 heterocycles. The number of aryl methyl sites for hydroxylation is 1. The smallest absolute Gasteiger partial charge is 0.223 e. The molecule has 26 heavy (non-hydrogen) atoms. The van der Waals surface area contributed by atoms with Crippen LogP contribution < -0.4 is 4.90 Å². The summed E-state index contributed by atoms with van der Waals surface area (Å²) in [5, 5.41) is 2.47. The van der Waals surface area contributed by atoms with Crippen LogP contribution in [-0.2, 0) is 11.2 Å². The molecule has 0 atom stereocenters. The summed E-state index contributed by atoms with van der Waals surface area (Å²) in [7, 11) is 0. The Labute approximate surface area is 153 Å². The van der Waals surface area contributed by atoms with Gasteiger partial charge in [0.25, 0.3) is 0 Å². The molecular weight excluding hydrogens is 324 g/mol. The number of piperazine rings is 1. The van der Waals surface area contributed by atoms with Crippen LogP contribution in [0.4, 0.5) is 5.82 Å². The lowest BCUT2D eigenvalue weighted by atomic mass is 10.0. The van der Waals surface area contributed by atoms with Crippen LogP contribution in [0, 0.1) is 0 Å². The molecule has 2 aromatic carbocycles. The van der Waals surface area contributed by atoms with Gasteiger partial charge in [0.1, 0.15) is 5.82 Å². The van der Waals surface area contributed by atoms with Gasteiger partial charge in [-0.25, -0.2) is 4.98 Å². The van der Waals surface area contributed by atoms with Gasteiger partial charge in [-0.15, -0.1) is 0 Å². The monoisotopic (exact) mass is 346 g/mol. The van der Waals surface area contributed by atoms with E-state index < -0.39 is 0 Å². The fraction of sp³-hybridized carbons (Fsp3) is 0.286. The summed E-state index contributed by atoms with van der Waals surface area (Å²) in [5.74, 6) is 1.12. The first-order chi connectivity index (χ1) is 12.8. The van der Waals surface area contributed by atoms with Crippen LogP contribution in [0.3, 0.4) is 0 Å². The van der Waals surface area contributed by atoms with Gasteiger partial charge in [-0.2, -0.15) is 0 Å². The molecule has 4 rings (SSSR count). The minimum absolute atomic E-state index is 0.233. The lowest BCUT2D eigenvalue weighted by molar-refractivity contribution is -0.131. The van der Waals surface area contributed by atoms with Gasteiger partial charge < -0.3 is 9.80 Å². The molecular formula is C21H22N4O. The lowest BCUT2D eigenvalue weighted by Crippen LogP contribution is -2.49. The lowest BCUT2D eigenvalue weighted by Gasteiger charge is -2.35. The molecule has 1 aromatic heterocycles. The van der Waals surface area contributed by atoms with Crippen LogP contribution in [0.2, 0.25) is 0 Å². The molecule has 1 aliphatic heterocycles. The van der Waals surface area contributed by atoms with E-state index in [1.807, 2.05) is 17.0 Å². The van der Waals surface area contributed by atoms with Crippen molar-refractivity contribution in [3.63, 3.8) is 0 Å². The van der Waals surface area contributed by atoms with Crippen molar-refractivity contribution in [3.05, 3.63) is 66.6 Å². The Bertz CT molecular complexity index is 889. The van der Waals surface area contributed by atoms with Crippen LogP contribution in [0.5, 0.6) is 0 Å². The molecule has 0 radical (unpaired) electrons. The van der Waals surface area contributed by atoms with Crippen molar-refractivity contribution in [2.75, 3.05) is 31.1 Å². The van der Waals surface area contributed by atoms with E-state index >= 15 is 0 Å². The molecule has 132 valence electrons. The third kappa shape index (κ3) is 3.67. The average molecular weight is 346 g/mol. The average Bonchev–Trinajstić information content (AvgIpc) is 2.72. The first-order valence-corrected chi connectivity index (χ1v) is 9.06. The van der Waals surface area contributed by atoms with Crippen LogP contribution in [0.1, 0.15) is 12.0 Å². The van der Waals surface area contributed by atoms with Crippen LogP contribution in [0.15, 0.2) is 61.1 Å². The summed E-state index contributed by atoms with van der Waals surface area (Å²) in [6, 6.07) is 14.8. The number of hydrogen-bond donors (Lipinski definition) is 0. The quantitative estimate of drug-likeness (QED) is 0.729. The van der Waals surface area contributed by atoms with E-state index in [1.54, 1.807) is 18.6 Å². The van der Waals surface area contributed by atoms with Gasteiger partial charge in [0.05, 0.1) is 6.20 Å². The number of carbonyl (C=O) groups is 1. The van der Waals surface area contributed by atoms with Gasteiger partial charge in [0.2, 0.25) is 5.91 Å². The molecule has 1 saturated heterocycles. The molecule has 5 nitrogen and oxygen atoms in total. The summed E-state index contributed by atoms with van der Waals surface area (Å²) in [6.45, 7) is 3.10. The normalized spacial score (nSPS) is 14.6. The van der Waals surface area contributed by atoms with E-state index in [9.17, 15) is 4.79 Å². The largest absolute Gasteiger partial charge is 0.352 e. The minimum atomic E-state index is 0.233. The molecule has 0 N–H and O–H groups in total.